The molecule has 0 amide bonds. The van der Waals surface area contributed by atoms with E-state index in [0.717, 1.165) is 16.9 Å². The summed E-state index contributed by atoms with van der Waals surface area (Å²) in [7, 11) is 3.18. The van der Waals surface area contributed by atoms with Crippen molar-refractivity contribution in [1.82, 2.24) is 20.3 Å². The van der Waals surface area contributed by atoms with E-state index in [9.17, 15) is 0 Å². The molecule has 0 unspecified atom stereocenters. The Morgan fingerprint density at radius 1 is 1.04 bits per heavy atom. The third kappa shape index (κ3) is 3.28. The third-order valence-corrected chi connectivity index (χ3v) is 3.44. The van der Waals surface area contributed by atoms with Crippen LogP contribution in [0.15, 0.2) is 34.9 Å². The Balaban J connectivity index is 1.79. The van der Waals surface area contributed by atoms with Crippen LogP contribution in [-0.4, -0.2) is 34.6 Å². The zero-order valence-corrected chi connectivity index (χ0v) is 13.1. The van der Waals surface area contributed by atoms with Crippen LogP contribution in [0, 0.1) is 6.92 Å². The van der Waals surface area contributed by atoms with Gasteiger partial charge in [-0.15, -0.1) is 10.2 Å². The van der Waals surface area contributed by atoms with Crippen molar-refractivity contribution in [2.24, 2.45) is 0 Å². The molecule has 1 aromatic carbocycles. The molecule has 23 heavy (non-hydrogen) atoms. The van der Waals surface area contributed by atoms with Gasteiger partial charge in [-0.2, -0.15) is 4.98 Å². The highest BCUT2D eigenvalue weighted by Crippen LogP contribution is 2.20. The maximum absolute atomic E-state index is 5.30. The van der Waals surface area contributed by atoms with Crippen molar-refractivity contribution in [1.29, 1.82) is 0 Å². The summed E-state index contributed by atoms with van der Waals surface area (Å²) in [5.74, 6) is 2.18. The molecule has 0 fully saturated rings. The molecular weight excluding hydrogens is 296 g/mol. The van der Waals surface area contributed by atoms with Gasteiger partial charge in [0, 0.05) is 6.07 Å². The van der Waals surface area contributed by atoms with Crippen molar-refractivity contribution in [3.05, 3.63) is 47.3 Å². The summed E-state index contributed by atoms with van der Waals surface area (Å²) in [6.07, 6.45) is 0.548. The molecule has 2 aromatic heterocycles. The lowest BCUT2D eigenvalue weighted by atomic mass is 10.1. The van der Waals surface area contributed by atoms with Crippen LogP contribution < -0.4 is 9.47 Å². The molecule has 0 bridgehead atoms. The monoisotopic (exact) mass is 312 g/mol. The molecule has 0 saturated heterocycles. The molecule has 0 saturated carbocycles. The predicted molar refractivity (Wildman–Crippen MR) is 82.4 cm³/mol. The molecule has 0 aliphatic carbocycles. The molecule has 7 nitrogen and oxygen atoms in total. The van der Waals surface area contributed by atoms with Crippen molar-refractivity contribution < 1.29 is 14.0 Å². The molecule has 0 aliphatic rings. The van der Waals surface area contributed by atoms with Gasteiger partial charge in [0.25, 0.3) is 0 Å². The van der Waals surface area contributed by atoms with Crippen LogP contribution in [0.4, 0.5) is 0 Å². The standard InChI is InChI=1S/C16H16N4O3/c1-10-8-12(21-2)5-4-11(10)9-15-17-16(20-23-15)13-6-7-14(22-3)19-18-13/h4-8H,9H2,1-3H3. The molecule has 7 heteroatoms. The van der Waals surface area contributed by atoms with Gasteiger partial charge >= 0.3 is 0 Å². The first-order valence-corrected chi connectivity index (χ1v) is 7.04. The highest BCUT2D eigenvalue weighted by atomic mass is 16.5. The predicted octanol–water partition coefficient (Wildman–Crippen LogP) is 2.44. The second-order valence-corrected chi connectivity index (χ2v) is 4.94. The Hall–Kier alpha value is -2.96. The lowest BCUT2D eigenvalue weighted by Gasteiger charge is -2.05. The van der Waals surface area contributed by atoms with Gasteiger partial charge < -0.3 is 14.0 Å². The van der Waals surface area contributed by atoms with Crippen LogP contribution in [0.25, 0.3) is 11.5 Å². The highest BCUT2D eigenvalue weighted by Gasteiger charge is 2.12. The minimum Gasteiger partial charge on any atom is -0.497 e. The number of ether oxygens (including phenoxy) is 2. The fraction of sp³-hybridized carbons (Fsp3) is 0.250. The van der Waals surface area contributed by atoms with Crippen LogP contribution in [0.5, 0.6) is 11.6 Å². The van der Waals surface area contributed by atoms with Gasteiger partial charge in [-0.05, 0) is 36.2 Å². The summed E-state index contributed by atoms with van der Waals surface area (Å²) >= 11 is 0. The van der Waals surface area contributed by atoms with Crippen molar-refractivity contribution in [2.75, 3.05) is 14.2 Å². The number of nitrogens with zero attached hydrogens (tertiary/aromatic N) is 4. The second kappa shape index (κ2) is 6.43. The zero-order chi connectivity index (χ0) is 16.2. The van der Waals surface area contributed by atoms with Gasteiger partial charge in [0.05, 0.1) is 20.6 Å². The van der Waals surface area contributed by atoms with Crippen LogP contribution in [0.2, 0.25) is 0 Å². The van der Waals surface area contributed by atoms with Crippen LogP contribution in [0.3, 0.4) is 0 Å². The summed E-state index contributed by atoms with van der Waals surface area (Å²) in [6.45, 7) is 2.02. The molecule has 3 rings (SSSR count). The number of benzene rings is 1. The summed E-state index contributed by atoms with van der Waals surface area (Å²) < 4.78 is 15.5. The van der Waals surface area contributed by atoms with Gasteiger partial charge in [0.1, 0.15) is 11.4 Å². The van der Waals surface area contributed by atoms with E-state index in [0.29, 0.717) is 29.7 Å². The van der Waals surface area contributed by atoms with E-state index in [2.05, 4.69) is 20.3 Å². The first kappa shape index (κ1) is 15.0. The average molecular weight is 312 g/mol. The molecular formula is C16H16N4O3. The summed E-state index contributed by atoms with van der Waals surface area (Å²) in [5, 5.41) is 11.8. The SMILES string of the molecule is COc1ccc(Cc2nc(-c3ccc(OC)nn3)no2)c(C)c1. The highest BCUT2D eigenvalue weighted by molar-refractivity contribution is 5.47. The van der Waals surface area contributed by atoms with Crippen molar-refractivity contribution in [3.8, 4) is 23.1 Å². The van der Waals surface area contributed by atoms with Gasteiger partial charge in [0.15, 0.2) is 0 Å². The lowest BCUT2D eigenvalue weighted by Crippen LogP contribution is -1.95. The number of aromatic nitrogens is 4. The Labute approximate surface area is 133 Å². The van der Waals surface area contributed by atoms with Crippen molar-refractivity contribution in [2.45, 2.75) is 13.3 Å². The fourth-order valence-electron chi connectivity index (χ4n) is 2.14. The van der Waals surface area contributed by atoms with Crippen molar-refractivity contribution >= 4 is 0 Å². The maximum Gasteiger partial charge on any atom is 0.233 e. The minimum atomic E-state index is 0.404. The first-order chi connectivity index (χ1) is 11.2. The average Bonchev–Trinajstić information content (AvgIpc) is 3.05. The van der Waals surface area contributed by atoms with E-state index < -0.39 is 0 Å². The quantitative estimate of drug-likeness (QED) is 0.715. The molecule has 118 valence electrons. The largest absolute Gasteiger partial charge is 0.497 e. The molecule has 0 N–H and O–H groups in total. The van der Waals surface area contributed by atoms with E-state index >= 15 is 0 Å². The molecule has 0 aliphatic heterocycles. The van der Waals surface area contributed by atoms with Gasteiger partial charge in [-0.1, -0.05) is 11.2 Å². The van der Waals surface area contributed by atoms with Crippen LogP contribution in [-0.2, 0) is 6.42 Å². The van der Waals surface area contributed by atoms with E-state index in [1.54, 1.807) is 19.2 Å². The smallest absolute Gasteiger partial charge is 0.233 e. The topological polar surface area (TPSA) is 83.2 Å². The van der Waals surface area contributed by atoms with E-state index in [1.807, 2.05) is 25.1 Å². The molecule has 0 atom stereocenters. The Morgan fingerprint density at radius 3 is 2.57 bits per heavy atom. The Bertz CT molecular complexity index is 799. The fourth-order valence-corrected chi connectivity index (χ4v) is 2.14. The number of rotatable bonds is 5. The maximum atomic E-state index is 5.30. The normalized spacial score (nSPS) is 10.6. The lowest BCUT2D eigenvalue weighted by molar-refractivity contribution is 0.384. The van der Waals surface area contributed by atoms with Gasteiger partial charge in [0.2, 0.25) is 17.6 Å². The van der Waals surface area contributed by atoms with Gasteiger partial charge in [-0.25, -0.2) is 0 Å². The van der Waals surface area contributed by atoms with Crippen molar-refractivity contribution in [3.63, 3.8) is 0 Å². The third-order valence-electron chi connectivity index (χ3n) is 3.44. The summed E-state index contributed by atoms with van der Waals surface area (Å²) in [6, 6.07) is 9.31. The summed E-state index contributed by atoms with van der Waals surface area (Å²) in [5.41, 5.74) is 2.74. The second-order valence-electron chi connectivity index (χ2n) is 4.94. The van der Waals surface area contributed by atoms with E-state index in [-0.39, 0.29) is 0 Å². The molecule has 0 spiro atoms. The molecule has 0 radical (unpaired) electrons. The van der Waals surface area contributed by atoms with Crippen LogP contribution in [0.1, 0.15) is 17.0 Å². The number of aryl methyl sites for hydroxylation is 1. The summed E-state index contributed by atoms with van der Waals surface area (Å²) in [4.78, 5) is 4.36. The Kier molecular flexibility index (Phi) is 4.18. The number of hydrogen-bond donors (Lipinski definition) is 0. The zero-order valence-electron chi connectivity index (χ0n) is 13.1. The number of methoxy groups -OCH3 is 2. The number of hydrogen-bond acceptors (Lipinski definition) is 7. The first-order valence-electron chi connectivity index (χ1n) is 7.04. The van der Waals surface area contributed by atoms with Gasteiger partial charge in [-0.3, -0.25) is 0 Å². The van der Waals surface area contributed by atoms with E-state index in [1.165, 1.54) is 7.11 Å². The van der Waals surface area contributed by atoms with E-state index in [4.69, 9.17) is 14.0 Å². The Morgan fingerprint density at radius 2 is 1.91 bits per heavy atom. The van der Waals surface area contributed by atoms with Crippen LogP contribution >= 0.6 is 0 Å². The minimum absolute atomic E-state index is 0.404. The molecule has 2 heterocycles. The molecule has 3 aromatic rings.